The summed E-state index contributed by atoms with van der Waals surface area (Å²) in [7, 11) is 0. The van der Waals surface area contributed by atoms with Crippen molar-refractivity contribution >= 4 is 44.6 Å². The van der Waals surface area contributed by atoms with Crippen LogP contribution >= 0.6 is 38.9 Å². The first-order chi connectivity index (χ1) is 7.25. The van der Waals surface area contributed by atoms with E-state index in [9.17, 15) is 0 Å². The number of anilines is 1. The van der Waals surface area contributed by atoms with Gasteiger partial charge in [0.05, 0.1) is 14.5 Å². The molecule has 0 radical (unpaired) electrons. The topological polar surface area (TPSA) is 24.9 Å². The van der Waals surface area contributed by atoms with Gasteiger partial charge in [0.2, 0.25) is 0 Å². The third-order valence-corrected chi connectivity index (χ3v) is 3.78. The number of hydrogen-bond donors (Lipinski definition) is 1. The van der Waals surface area contributed by atoms with Crippen molar-refractivity contribution < 1.29 is 0 Å². The van der Waals surface area contributed by atoms with Gasteiger partial charge in [0, 0.05) is 23.8 Å². The first-order valence-corrected chi connectivity index (χ1v) is 6.32. The van der Waals surface area contributed by atoms with Gasteiger partial charge in [-0.05, 0) is 34.1 Å². The molecule has 2 aromatic heterocycles. The lowest BCUT2D eigenvalue weighted by molar-refractivity contribution is 1.18. The molecule has 2 heterocycles. The van der Waals surface area contributed by atoms with Gasteiger partial charge in [-0.2, -0.15) is 0 Å². The molecule has 0 atom stereocenters. The lowest BCUT2D eigenvalue weighted by Crippen LogP contribution is -1.97. The molecule has 0 saturated carbocycles. The van der Waals surface area contributed by atoms with E-state index in [1.807, 2.05) is 12.1 Å². The van der Waals surface area contributed by atoms with Gasteiger partial charge in [-0.1, -0.05) is 11.6 Å². The van der Waals surface area contributed by atoms with Gasteiger partial charge in [0.1, 0.15) is 0 Å². The first-order valence-electron chi connectivity index (χ1n) is 4.33. The molecule has 5 heteroatoms. The van der Waals surface area contributed by atoms with Crippen LogP contribution in [0.5, 0.6) is 0 Å². The van der Waals surface area contributed by atoms with Crippen LogP contribution in [0, 0.1) is 0 Å². The number of aromatic nitrogens is 1. The normalized spacial score (nSPS) is 10.3. The molecule has 0 aliphatic rings. The summed E-state index contributed by atoms with van der Waals surface area (Å²) in [5.74, 6) is 0. The number of nitrogens with one attached hydrogen (secondary N) is 1. The Morgan fingerprint density at radius 3 is 2.93 bits per heavy atom. The van der Waals surface area contributed by atoms with E-state index in [1.165, 1.54) is 4.88 Å². The summed E-state index contributed by atoms with van der Waals surface area (Å²) in [4.78, 5) is 5.19. The minimum Gasteiger partial charge on any atom is -0.379 e. The molecule has 0 amide bonds. The molecular formula is C10H8BrClN2S. The van der Waals surface area contributed by atoms with Gasteiger partial charge in [-0.25, -0.2) is 0 Å². The molecule has 0 unspecified atom stereocenters. The molecule has 15 heavy (non-hydrogen) atoms. The molecule has 2 rings (SSSR count). The Hall–Kier alpha value is -0.580. The molecule has 0 bridgehead atoms. The predicted octanol–water partition coefficient (Wildman–Crippen LogP) is 4.17. The number of nitrogens with zero attached hydrogens (tertiary/aromatic N) is 1. The molecule has 0 fully saturated rings. The van der Waals surface area contributed by atoms with Crippen LogP contribution in [-0.4, -0.2) is 4.98 Å². The van der Waals surface area contributed by atoms with Gasteiger partial charge >= 0.3 is 0 Å². The van der Waals surface area contributed by atoms with Crippen molar-refractivity contribution in [3.8, 4) is 0 Å². The largest absolute Gasteiger partial charge is 0.379 e. The van der Waals surface area contributed by atoms with E-state index >= 15 is 0 Å². The van der Waals surface area contributed by atoms with E-state index in [0.29, 0.717) is 5.02 Å². The summed E-state index contributed by atoms with van der Waals surface area (Å²) in [5, 5.41) is 3.91. The standard InChI is InChI=1S/C10H8BrClN2S/c11-10-2-1-7(15-10)5-14-9-3-4-13-6-8(9)12/h1-4,6H,5H2,(H,13,14). The van der Waals surface area contributed by atoms with Gasteiger partial charge in [-0.15, -0.1) is 11.3 Å². The molecular weight excluding hydrogens is 296 g/mol. The minimum absolute atomic E-state index is 0.646. The Labute approximate surface area is 105 Å². The quantitative estimate of drug-likeness (QED) is 0.920. The van der Waals surface area contributed by atoms with Crippen LogP contribution < -0.4 is 5.32 Å². The summed E-state index contributed by atoms with van der Waals surface area (Å²) in [6.45, 7) is 0.778. The minimum atomic E-state index is 0.646. The smallest absolute Gasteiger partial charge is 0.0820 e. The highest BCUT2D eigenvalue weighted by molar-refractivity contribution is 9.11. The zero-order valence-corrected chi connectivity index (χ0v) is 10.9. The highest BCUT2D eigenvalue weighted by atomic mass is 79.9. The van der Waals surface area contributed by atoms with Crippen molar-refractivity contribution in [2.24, 2.45) is 0 Å². The van der Waals surface area contributed by atoms with Crippen molar-refractivity contribution in [3.05, 3.63) is 44.3 Å². The van der Waals surface area contributed by atoms with E-state index in [0.717, 1.165) is 16.0 Å². The second kappa shape index (κ2) is 4.96. The number of rotatable bonds is 3. The third kappa shape index (κ3) is 2.93. The molecule has 2 nitrogen and oxygen atoms in total. The summed E-state index contributed by atoms with van der Waals surface area (Å²) < 4.78 is 1.14. The SMILES string of the molecule is Clc1cnccc1NCc1ccc(Br)s1. The van der Waals surface area contributed by atoms with Gasteiger partial charge in [0.25, 0.3) is 0 Å². The maximum absolute atomic E-state index is 5.96. The van der Waals surface area contributed by atoms with Crippen LogP contribution in [0.4, 0.5) is 5.69 Å². The summed E-state index contributed by atoms with van der Waals surface area (Å²) >= 11 is 11.1. The van der Waals surface area contributed by atoms with Crippen LogP contribution in [0.2, 0.25) is 5.02 Å². The molecule has 0 spiro atoms. The van der Waals surface area contributed by atoms with E-state index in [1.54, 1.807) is 23.7 Å². The fourth-order valence-corrected chi connectivity index (χ4v) is 2.76. The second-order valence-corrected chi connectivity index (χ2v) is 5.87. The Balaban J connectivity index is 2.02. The maximum atomic E-state index is 5.96. The number of halogens is 2. The predicted molar refractivity (Wildman–Crippen MR) is 68.6 cm³/mol. The summed E-state index contributed by atoms with van der Waals surface area (Å²) in [5.41, 5.74) is 0.913. The van der Waals surface area contributed by atoms with Crippen LogP contribution in [0.25, 0.3) is 0 Å². The molecule has 2 aromatic rings. The lowest BCUT2D eigenvalue weighted by Gasteiger charge is -2.05. The molecule has 1 N–H and O–H groups in total. The van der Waals surface area contributed by atoms with Crippen molar-refractivity contribution in [2.45, 2.75) is 6.54 Å². The zero-order chi connectivity index (χ0) is 10.7. The van der Waals surface area contributed by atoms with Crippen LogP contribution in [0.1, 0.15) is 4.88 Å². The molecule has 0 saturated heterocycles. The third-order valence-electron chi connectivity index (χ3n) is 1.85. The molecule has 0 aromatic carbocycles. The second-order valence-electron chi connectivity index (χ2n) is 2.91. The van der Waals surface area contributed by atoms with Crippen LogP contribution in [0.3, 0.4) is 0 Å². The van der Waals surface area contributed by atoms with Crippen molar-refractivity contribution in [2.75, 3.05) is 5.32 Å². The average Bonchev–Trinajstić information content (AvgIpc) is 2.63. The number of hydrogen-bond acceptors (Lipinski definition) is 3. The van der Waals surface area contributed by atoms with Crippen molar-refractivity contribution in [1.82, 2.24) is 4.98 Å². The van der Waals surface area contributed by atoms with Crippen molar-refractivity contribution in [1.29, 1.82) is 0 Å². The monoisotopic (exact) mass is 302 g/mol. The summed E-state index contributed by atoms with van der Waals surface area (Å²) in [6.07, 6.45) is 3.35. The van der Waals surface area contributed by atoms with Crippen LogP contribution in [0.15, 0.2) is 34.4 Å². The highest BCUT2D eigenvalue weighted by Gasteiger charge is 2.00. The van der Waals surface area contributed by atoms with E-state index < -0.39 is 0 Å². The molecule has 78 valence electrons. The van der Waals surface area contributed by atoms with Gasteiger partial charge in [0.15, 0.2) is 0 Å². The van der Waals surface area contributed by atoms with E-state index in [2.05, 4.69) is 32.3 Å². The van der Waals surface area contributed by atoms with Gasteiger partial charge < -0.3 is 5.32 Å². The Morgan fingerprint density at radius 1 is 1.40 bits per heavy atom. The molecule has 0 aliphatic carbocycles. The van der Waals surface area contributed by atoms with Gasteiger partial charge in [-0.3, -0.25) is 4.98 Å². The zero-order valence-electron chi connectivity index (χ0n) is 7.71. The summed E-state index contributed by atoms with van der Waals surface area (Å²) in [6, 6.07) is 5.98. The van der Waals surface area contributed by atoms with E-state index in [-0.39, 0.29) is 0 Å². The Morgan fingerprint density at radius 2 is 2.27 bits per heavy atom. The maximum Gasteiger partial charge on any atom is 0.0820 e. The fourth-order valence-electron chi connectivity index (χ4n) is 1.15. The fraction of sp³-hybridized carbons (Fsp3) is 0.100. The number of pyridine rings is 1. The highest BCUT2D eigenvalue weighted by Crippen LogP contribution is 2.24. The van der Waals surface area contributed by atoms with Crippen LogP contribution in [-0.2, 0) is 6.54 Å². The van der Waals surface area contributed by atoms with Crippen molar-refractivity contribution in [3.63, 3.8) is 0 Å². The lowest BCUT2D eigenvalue weighted by atomic mass is 10.4. The Kier molecular flexibility index (Phi) is 3.61. The molecule has 0 aliphatic heterocycles. The number of thiophene rings is 1. The van der Waals surface area contributed by atoms with E-state index in [4.69, 9.17) is 11.6 Å². The average molecular weight is 304 g/mol. The Bertz CT molecular complexity index is 458. The first kappa shape index (κ1) is 10.9.